The van der Waals surface area contributed by atoms with E-state index in [0.29, 0.717) is 5.71 Å². The van der Waals surface area contributed by atoms with Crippen molar-refractivity contribution in [3.05, 3.63) is 105 Å². The van der Waals surface area contributed by atoms with Crippen LogP contribution in [0.2, 0.25) is 5.02 Å². The number of nitro benzene ring substituents is 1. The molecule has 3 aromatic carbocycles. The lowest BCUT2D eigenvalue weighted by molar-refractivity contribution is -0.385. The van der Waals surface area contributed by atoms with Gasteiger partial charge < -0.3 is 5.11 Å². The second kappa shape index (κ2) is 8.25. The summed E-state index contributed by atoms with van der Waals surface area (Å²) in [6, 6.07) is 21.5. The first-order valence-electron chi connectivity index (χ1n) is 7.95. The zero-order valence-electron chi connectivity index (χ0n) is 14.0. The first-order chi connectivity index (χ1) is 13.1. The molecule has 0 saturated carbocycles. The molecule has 0 aliphatic carbocycles. The number of benzene rings is 3. The number of phenolic OH excluding ortho intramolecular Hbond substituents is 1. The van der Waals surface area contributed by atoms with Gasteiger partial charge in [-0.2, -0.15) is 5.10 Å². The summed E-state index contributed by atoms with van der Waals surface area (Å²) in [7, 11) is 0. The van der Waals surface area contributed by atoms with Crippen molar-refractivity contribution >= 4 is 29.2 Å². The zero-order chi connectivity index (χ0) is 19.2. The second-order valence-electron chi connectivity index (χ2n) is 5.55. The second-order valence-corrected chi connectivity index (χ2v) is 5.98. The summed E-state index contributed by atoms with van der Waals surface area (Å²) in [6.07, 6.45) is 1.24. The SMILES string of the molecule is O=[N+]([O-])c1cc(Cl)cc(/C=N/N=C(c2ccccc2)c2ccccc2)c1O. The van der Waals surface area contributed by atoms with Crippen LogP contribution >= 0.6 is 11.6 Å². The third kappa shape index (κ3) is 4.37. The Morgan fingerprint density at radius 2 is 1.56 bits per heavy atom. The number of hydrogen-bond acceptors (Lipinski definition) is 5. The molecular formula is C20H14ClN3O3. The average molecular weight is 380 g/mol. The summed E-state index contributed by atoms with van der Waals surface area (Å²) < 4.78 is 0. The minimum Gasteiger partial charge on any atom is -0.502 e. The van der Waals surface area contributed by atoms with Crippen LogP contribution in [0.4, 0.5) is 5.69 Å². The molecular weight excluding hydrogens is 366 g/mol. The Labute approximate surface area is 160 Å². The predicted octanol–water partition coefficient (Wildman–Crippen LogP) is 4.83. The average Bonchev–Trinajstić information content (AvgIpc) is 2.68. The summed E-state index contributed by atoms with van der Waals surface area (Å²) in [5.74, 6) is -0.510. The van der Waals surface area contributed by atoms with Crippen molar-refractivity contribution in [2.75, 3.05) is 0 Å². The minimum atomic E-state index is -0.707. The fourth-order valence-electron chi connectivity index (χ4n) is 2.47. The van der Waals surface area contributed by atoms with Gasteiger partial charge in [0.1, 0.15) is 5.71 Å². The molecule has 0 atom stereocenters. The van der Waals surface area contributed by atoms with Gasteiger partial charge in [-0.1, -0.05) is 72.3 Å². The van der Waals surface area contributed by atoms with E-state index in [-0.39, 0.29) is 10.6 Å². The van der Waals surface area contributed by atoms with Crippen LogP contribution in [0.15, 0.2) is 83.0 Å². The van der Waals surface area contributed by atoms with Gasteiger partial charge >= 0.3 is 5.69 Å². The third-order valence-electron chi connectivity index (χ3n) is 3.73. The van der Waals surface area contributed by atoms with Gasteiger partial charge in [-0.15, -0.1) is 5.10 Å². The molecule has 0 amide bonds. The van der Waals surface area contributed by atoms with Crippen LogP contribution in [0.5, 0.6) is 5.75 Å². The van der Waals surface area contributed by atoms with E-state index in [2.05, 4.69) is 10.2 Å². The molecule has 0 radical (unpaired) electrons. The van der Waals surface area contributed by atoms with Crippen LogP contribution in [-0.2, 0) is 0 Å². The van der Waals surface area contributed by atoms with Gasteiger partial charge in [-0.25, -0.2) is 0 Å². The number of halogens is 1. The standard InChI is InChI=1S/C20H14ClN3O3/c21-17-11-16(20(25)18(12-17)24(26)27)13-22-23-19(14-7-3-1-4-8-14)15-9-5-2-6-10-15/h1-13,25H/b22-13+. The summed E-state index contributed by atoms with van der Waals surface area (Å²) in [5, 5.41) is 29.4. The summed E-state index contributed by atoms with van der Waals surface area (Å²) in [4.78, 5) is 10.3. The Bertz CT molecular complexity index is 978. The fraction of sp³-hybridized carbons (Fsp3) is 0. The van der Waals surface area contributed by atoms with Crippen molar-refractivity contribution in [1.82, 2.24) is 0 Å². The number of aromatic hydroxyl groups is 1. The van der Waals surface area contributed by atoms with E-state index in [0.717, 1.165) is 17.2 Å². The van der Waals surface area contributed by atoms with E-state index >= 15 is 0 Å². The van der Waals surface area contributed by atoms with Crippen molar-refractivity contribution in [3.8, 4) is 5.75 Å². The lowest BCUT2D eigenvalue weighted by Gasteiger charge is -2.05. The van der Waals surface area contributed by atoms with Crippen molar-refractivity contribution in [3.63, 3.8) is 0 Å². The van der Waals surface area contributed by atoms with E-state index in [9.17, 15) is 15.2 Å². The lowest BCUT2D eigenvalue weighted by Crippen LogP contribution is -2.02. The van der Waals surface area contributed by atoms with E-state index < -0.39 is 16.4 Å². The Hall–Kier alpha value is -3.51. The molecule has 27 heavy (non-hydrogen) atoms. The molecule has 1 N–H and O–H groups in total. The Kier molecular flexibility index (Phi) is 5.58. The Balaban J connectivity index is 2.02. The molecule has 0 heterocycles. The molecule has 0 aliphatic heterocycles. The summed E-state index contributed by atoms with van der Waals surface area (Å²) in [5.41, 5.74) is 1.98. The van der Waals surface area contributed by atoms with Crippen LogP contribution in [0.25, 0.3) is 0 Å². The van der Waals surface area contributed by atoms with Gasteiger partial charge in [-0.3, -0.25) is 10.1 Å². The molecule has 7 heteroatoms. The smallest absolute Gasteiger partial charge is 0.312 e. The van der Waals surface area contributed by atoms with Gasteiger partial charge in [0.25, 0.3) is 0 Å². The van der Waals surface area contributed by atoms with E-state index in [1.54, 1.807) is 0 Å². The summed E-state index contributed by atoms with van der Waals surface area (Å²) >= 11 is 5.89. The van der Waals surface area contributed by atoms with Crippen LogP contribution in [0.3, 0.4) is 0 Å². The molecule has 0 saturated heterocycles. The van der Waals surface area contributed by atoms with Crippen molar-refractivity contribution in [2.45, 2.75) is 0 Å². The van der Waals surface area contributed by atoms with Crippen LogP contribution < -0.4 is 0 Å². The number of nitro groups is 1. The molecule has 3 rings (SSSR count). The van der Waals surface area contributed by atoms with Gasteiger partial charge in [0.05, 0.1) is 11.1 Å². The first-order valence-corrected chi connectivity index (χ1v) is 8.33. The molecule has 0 aromatic heterocycles. The molecule has 6 nitrogen and oxygen atoms in total. The molecule has 3 aromatic rings. The van der Waals surface area contributed by atoms with Gasteiger partial charge in [0.15, 0.2) is 0 Å². The zero-order valence-corrected chi connectivity index (χ0v) is 14.7. The largest absolute Gasteiger partial charge is 0.502 e. The third-order valence-corrected chi connectivity index (χ3v) is 3.95. The Morgan fingerprint density at radius 1 is 1.00 bits per heavy atom. The van der Waals surface area contributed by atoms with E-state index in [1.807, 2.05) is 60.7 Å². The van der Waals surface area contributed by atoms with Crippen molar-refractivity contribution in [1.29, 1.82) is 0 Å². The van der Waals surface area contributed by atoms with E-state index in [4.69, 9.17) is 11.6 Å². The van der Waals surface area contributed by atoms with Gasteiger partial charge in [0, 0.05) is 27.8 Å². The highest BCUT2D eigenvalue weighted by Crippen LogP contribution is 2.32. The highest BCUT2D eigenvalue weighted by molar-refractivity contribution is 6.31. The lowest BCUT2D eigenvalue weighted by atomic mass is 10.0. The first kappa shape index (κ1) is 18.3. The van der Waals surface area contributed by atoms with Gasteiger partial charge in [0.2, 0.25) is 5.75 Å². The van der Waals surface area contributed by atoms with Crippen LogP contribution in [0, 0.1) is 10.1 Å². The maximum Gasteiger partial charge on any atom is 0.312 e. The van der Waals surface area contributed by atoms with Crippen LogP contribution in [-0.4, -0.2) is 22.0 Å². The molecule has 0 aliphatic rings. The number of rotatable bonds is 5. The number of nitrogens with zero attached hydrogens (tertiary/aromatic N) is 3. The maximum absolute atomic E-state index is 11.0. The molecule has 134 valence electrons. The van der Waals surface area contributed by atoms with Crippen molar-refractivity contribution in [2.24, 2.45) is 10.2 Å². The van der Waals surface area contributed by atoms with Crippen molar-refractivity contribution < 1.29 is 10.0 Å². The van der Waals surface area contributed by atoms with E-state index in [1.165, 1.54) is 12.3 Å². The monoisotopic (exact) mass is 379 g/mol. The maximum atomic E-state index is 11.0. The quantitative estimate of drug-likeness (QED) is 0.391. The topological polar surface area (TPSA) is 88.1 Å². The fourth-order valence-corrected chi connectivity index (χ4v) is 2.69. The highest BCUT2D eigenvalue weighted by atomic mass is 35.5. The normalized spacial score (nSPS) is 10.7. The number of phenols is 1. The Morgan fingerprint density at radius 3 is 2.07 bits per heavy atom. The molecule has 0 unspecified atom stereocenters. The molecule has 0 bridgehead atoms. The summed E-state index contributed by atoms with van der Waals surface area (Å²) in [6.45, 7) is 0. The molecule has 0 spiro atoms. The van der Waals surface area contributed by atoms with Crippen LogP contribution in [0.1, 0.15) is 16.7 Å². The van der Waals surface area contributed by atoms with Gasteiger partial charge in [-0.05, 0) is 6.07 Å². The molecule has 0 fully saturated rings. The number of hydrogen-bond donors (Lipinski definition) is 1. The minimum absolute atomic E-state index is 0.110. The predicted molar refractivity (Wildman–Crippen MR) is 106 cm³/mol. The highest BCUT2D eigenvalue weighted by Gasteiger charge is 2.17.